The van der Waals surface area contributed by atoms with E-state index in [1.54, 1.807) is 0 Å². The molecule has 1 aliphatic heterocycles. The molecule has 1 unspecified atom stereocenters. The van der Waals surface area contributed by atoms with E-state index < -0.39 is 0 Å². The van der Waals surface area contributed by atoms with E-state index in [0.29, 0.717) is 13.2 Å². The first kappa shape index (κ1) is 8.84. The van der Waals surface area contributed by atoms with Crippen molar-refractivity contribution in [2.24, 2.45) is 5.92 Å². The molecule has 70 valence electrons. The summed E-state index contributed by atoms with van der Waals surface area (Å²) in [6.07, 6.45) is 0.857. The zero-order chi connectivity index (χ0) is 9.26. The van der Waals surface area contributed by atoms with Crippen molar-refractivity contribution in [1.82, 2.24) is 4.37 Å². The number of aromatic nitrogens is 1. The molecule has 0 amide bonds. The minimum absolute atomic E-state index is 0.0693. The SMILES string of the molecule is Cc1cc(C(=O)C2CCOC2)sn1. The fourth-order valence-corrected chi connectivity index (χ4v) is 2.20. The van der Waals surface area contributed by atoms with E-state index in [4.69, 9.17) is 4.74 Å². The smallest absolute Gasteiger partial charge is 0.179 e. The molecule has 3 nitrogen and oxygen atoms in total. The summed E-state index contributed by atoms with van der Waals surface area (Å²) in [6.45, 7) is 3.20. The second kappa shape index (κ2) is 3.55. The molecule has 0 N–H and O–H groups in total. The summed E-state index contributed by atoms with van der Waals surface area (Å²) in [6, 6.07) is 1.85. The second-order valence-electron chi connectivity index (χ2n) is 3.26. The highest BCUT2D eigenvalue weighted by atomic mass is 32.1. The van der Waals surface area contributed by atoms with Crippen LogP contribution < -0.4 is 0 Å². The highest BCUT2D eigenvalue weighted by molar-refractivity contribution is 7.08. The maximum Gasteiger partial charge on any atom is 0.179 e. The maximum atomic E-state index is 11.8. The molecule has 1 saturated heterocycles. The molecule has 2 heterocycles. The van der Waals surface area contributed by atoms with Crippen LogP contribution in [0.4, 0.5) is 0 Å². The maximum absolute atomic E-state index is 11.8. The Labute approximate surface area is 80.9 Å². The lowest BCUT2D eigenvalue weighted by atomic mass is 10.0. The molecule has 0 saturated carbocycles. The summed E-state index contributed by atoms with van der Waals surface area (Å²) in [5.74, 6) is 0.267. The van der Waals surface area contributed by atoms with Crippen molar-refractivity contribution in [1.29, 1.82) is 0 Å². The molecule has 0 bridgehead atoms. The number of carbonyl (C=O) groups excluding carboxylic acids is 1. The van der Waals surface area contributed by atoms with Gasteiger partial charge in [0.1, 0.15) is 0 Å². The number of hydrogen-bond acceptors (Lipinski definition) is 4. The Kier molecular flexibility index (Phi) is 2.42. The van der Waals surface area contributed by atoms with Gasteiger partial charge in [0.2, 0.25) is 0 Å². The molecule has 2 rings (SSSR count). The Morgan fingerprint density at radius 1 is 1.77 bits per heavy atom. The minimum atomic E-state index is 0.0693. The van der Waals surface area contributed by atoms with E-state index in [1.165, 1.54) is 11.5 Å². The summed E-state index contributed by atoms with van der Waals surface area (Å²) in [5.41, 5.74) is 0.923. The lowest BCUT2D eigenvalue weighted by molar-refractivity contribution is 0.0904. The number of aryl methyl sites for hydroxylation is 1. The van der Waals surface area contributed by atoms with Crippen molar-refractivity contribution in [2.45, 2.75) is 13.3 Å². The van der Waals surface area contributed by atoms with E-state index in [0.717, 1.165) is 17.0 Å². The number of ether oxygens (including phenoxy) is 1. The number of Topliss-reactive ketones (excluding diaryl/α,β-unsaturated/α-hetero) is 1. The van der Waals surface area contributed by atoms with Gasteiger partial charge >= 0.3 is 0 Å². The standard InChI is InChI=1S/C9H11NO2S/c1-6-4-8(13-10-6)9(11)7-2-3-12-5-7/h4,7H,2-3,5H2,1H3. The highest BCUT2D eigenvalue weighted by Crippen LogP contribution is 2.21. The molecule has 1 fully saturated rings. The molecule has 1 aromatic rings. The minimum Gasteiger partial charge on any atom is -0.381 e. The van der Waals surface area contributed by atoms with Gasteiger partial charge in [0.25, 0.3) is 0 Å². The van der Waals surface area contributed by atoms with Gasteiger partial charge in [-0.25, -0.2) is 0 Å². The van der Waals surface area contributed by atoms with Crippen LogP contribution in [0, 0.1) is 12.8 Å². The molecular formula is C9H11NO2S. The average Bonchev–Trinajstić information content (AvgIpc) is 2.72. The first-order valence-electron chi connectivity index (χ1n) is 4.32. The highest BCUT2D eigenvalue weighted by Gasteiger charge is 2.25. The van der Waals surface area contributed by atoms with E-state index in [-0.39, 0.29) is 11.7 Å². The van der Waals surface area contributed by atoms with Crippen molar-refractivity contribution in [3.05, 3.63) is 16.6 Å². The lowest BCUT2D eigenvalue weighted by Gasteiger charge is -2.01. The van der Waals surface area contributed by atoms with Gasteiger partial charge in [0, 0.05) is 12.5 Å². The number of rotatable bonds is 2. The van der Waals surface area contributed by atoms with E-state index in [9.17, 15) is 4.79 Å². The van der Waals surface area contributed by atoms with Crippen LogP contribution in [0.1, 0.15) is 21.8 Å². The van der Waals surface area contributed by atoms with Gasteiger partial charge in [-0.15, -0.1) is 0 Å². The number of carbonyl (C=O) groups is 1. The summed E-state index contributed by atoms with van der Waals surface area (Å²) in [7, 11) is 0. The van der Waals surface area contributed by atoms with Gasteiger partial charge in [-0.2, -0.15) is 4.37 Å². The monoisotopic (exact) mass is 197 g/mol. The molecule has 1 atom stereocenters. The second-order valence-corrected chi connectivity index (χ2v) is 4.06. The Bertz CT molecular complexity index is 315. The molecule has 0 radical (unpaired) electrons. The lowest BCUT2D eigenvalue weighted by Crippen LogP contribution is -2.12. The van der Waals surface area contributed by atoms with Gasteiger partial charge in [-0.1, -0.05) is 0 Å². The van der Waals surface area contributed by atoms with E-state index >= 15 is 0 Å². The molecular weight excluding hydrogens is 186 g/mol. The largest absolute Gasteiger partial charge is 0.381 e. The third-order valence-corrected chi connectivity index (χ3v) is 3.07. The summed E-state index contributed by atoms with van der Waals surface area (Å²) in [5, 5.41) is 0. The fourth-order valence-electron chi connectivity index (χ4n) is 1.42. The predicted octanol–water partition coefficient (Wildman–Crippen LogP) is 1.67. The third-order valence-electron chi connectivity index (χ3n) is 2.17. The first-order valence-corrected chi connectivity index (χ1v) is 5.10. The molecule has 0 aromatic carbocycles. The molecule has 1 aromatic heterocycles. The van der Waals surface area contributed by atoms with Crippen LogP contribution in [0.15, 0.2) is 6.07 Å². The van der Waals surface area contributed by atoms with Crippen molar-refractivity contribution >= 4 is 17.3 Å². The molecule has 13 heavy (non-hydrogen) atoms. The Morgan fingerprint density at radius 3 is 3.15 bits per heavy atom. The topological polar surface area (TPSA) is 39.2 Å². The van der Waals surface area contributed by atoms with Crippen LogP contribution >= 0.6 is 11.5 Å². The number of ketones is 1. The predicted molar refractivity (Wildman–Crippen MR) is 50.1 cm³/mol. The van der Waals surface area contributed by atoms with Gasteiger partial charge in [0.15, 0.2) is 5.78 Å². The van der Waals surface area contributed by atoms with Gasteiger partial charge in [-0.3, -0.25) is 4.79 Å². The molecule has 0 aliphatic carbocycles. The summed E-state index contributed by atoms with van der Waals surface area (Å²) >= 11 is 1.29. The number of hydrogen-bond donors (Lipinski definition) is 0. The van der Waals surface area contributed by atoms with Crippen LogP contribution in [0.25, 0.3) is 0 Å². The van der Waals surface area contributed by atoms with Gasteiger partial charge < -0.3 is 4.74 Å². The average molecular weight is 197 g/mol. The van der Waals surface area contributed by atoms with Crippen molar-refractivity contribution < 1.29 is 9.53 Å². The molecule has 4 heteroatoms. The fraction of sp³-hybridized carbons (Fsp3) is 0.556. The molecule has 1 aliphatic rings. The quantitative estimate of drug-likeness (QED) is 0.677. The van der Waals surface area contributed by atoms with E-state index in [2.05, 4.69) is 4.37 Å². The van der Waals surface area contributed by atoms with Gasteiger partial charge in [0.05, 0.1) is 17.2 Å². The van der Waals surface area contributed by atoms with Crippen molar-refractivity contribution in [3.63, 3.8) is 0 Å². The first-order chi connectivity index (χ1) is 6.27. The van der Waals surface area contributed by atoms with Crippen molar-refractivity contribution in [2.75, 3.05) is 13.2 Å². The zero-order valence-corrected chi connectivity index (χ0v) is 8.26. The number of nitrogens with zero attached hydrogens (tertiary/aromatic N) is 1. The van der Waals surface area contributed by atoms with Crippen LogP contribution in [-0.2, 0) is 4.74 Å². The van der Waals surface area contributed by atoms with Gasteiger partial charge in [-0.05, 0) is 30.9 Å². The Morgan fingerprint density at radius 2 is 2.62 bits per heavy atom. The third kappa shape index (κ3) is 1.78. The van der Waals surface area contributed by atoms with Crippen LogP contribution in [0.2, 0.25) is 0 Å². The van der Waals surface area contributed by atoms with Crippen molar-refractivity contribution in [3.8, 4) is 0 Å². The Hall–Kier alpha value is -0.740. The summed E-state index contributed by atoms with van der Waals surface area (Å²) in [4.78, 5) is 12.5. The summed E-state index contributed by atoms with van der Waals surface area (Å²) < 4.78 is 9.26. The normalized spacial score (nSPS) is 22.1. The van der Waals surface area contributed by atoms with Crippen LogP contribution in [-0.4, -0.2) is 23.4 Å². The Balaban J connectivity index is 2.12. The van der Waals surface area contributed by atoms with Crippen LogP contribution in [0.5, 0.6) is 0 Å². The van der Waals surface area contributed by atoms with Crippen LogP contribution in [0.3, 0.4) is 0 Å². The zero-order valence-electron chi connectivity index (χ0n) is 7.45. The molecule has 0 spiro atoms. The van der Waals surface area contributed by atoms with E-state index in [1.807, 2.05) is 13.0 Å².